The molecule has 0 unspecified atom stereocenters. The maximum absolute atomic E-state index is 12.8. The highest BCUT2D eigenvalue weighted by atomic mass is 32.2. The highest BCUT2D eigenvalue weighted by molar-refractivity contribution is 8.18. The summed E-state index contributed by atoms with van der Waals surface area (Å²) in [5, 5.41) is 10.8. The second-order valence-corrected chi connectivity index (χ2v) is 9.16. The van der Waals surface area contributed by atoms with Gasteiger partial charge in [0.15, 0.2) is 11.5 Å². The maximum Gasteiger partial charge on any atom is 0.294 e. The minimum atomic E-state index is -0.507. The molecule has 2 aliphatic rings. The number of benzene rings is 2. The van der Waals surface area contributed by atoms with Crippen LogP contribution in [0.4, 0.5) is 10.5 Å². The van der Waals surface area contributed by atoms with Gasteiger partial charge in [0.2, 0.25) is 5.91 Å². The van der Waals surface area contributed by atoms with E-state index in [9.17, 15) is 24.5 Å². The summed E-state index contributed by atoms with van der Waals surface area (Å²) in [6, 6.07) is 11.3. The molecule has 2 aromatic carbocycles. The Kier molecular flexibility index (Phi) is 7.89. The van der Waals surface area contributed by atoms with Gasteiger partial charge in [-0.05, 0) is 61.4 Å². The Morgan fingerprint density at radius 2 is 1.86 bits per heavy atom. The van der Waals surface area contributed by atoms with Crippen molar-refractivity contribution in [1.29, 1.82) is 0 Å². The Morgan fingerprint density at radius 3 is 2.58 bits per heavy atom. The van der Waals surface area contributed by atoms with Gasteiger partial charge in [-0.15, -0.1) is 0 Å². The number of carbonyl (C=O) groups excluding carboxylic acids is 3. The number of ether oxygens (including phenoxy) is 2. The summed E-state index contributed by atoms with van der Waals surface area (Å²) in [6.07, 6.45) is 3.43. The van der Waals surface area contributed by atoms with Crippen molar-refractivity contribution in [3.8, 4) is 11.5 Å². The summed E-state index contributed by atoms with van der Waals surface area (Å²) in [4.78, 5) is 51.3. The Balaban J connectivity index is 1.48. The normalized spacial score (nSPS) is 16.6. The van der Waals surface area contributed by atoms with Crippen molar-refractivity contribution in [3.63, 3.8) is 0 Å². The molecule has 2 saturated heterocycles. The second-order valence-electron chi connectivity index (χ2n) is 8.17. The lowest BCUT2D eigenvalue weighted by Crippen LogP contribution is -2.40. The first-order valence-corrected chi connectivity index (χ1v) is 12.3. The van der Waals surface area contributed by atoms with Crippen LogP contribution in [0.15, 0.2) is 47.4 Å². The molecule has 2 aliphatic heterocycles. The third-order valence-corrected chi connectivity index (χ3v) is 6.67. The van der Waals surface area contributed by atoms with Crippen molar-refractivity contribution < 1.29 is 28.8 Å². The van der Waals surface area contributed by atoms with E-state index in [2.05, 4.69) is 0 Å². The Labute approximate surface area is 212 Å². The van der Waals surface area contributed by atoms with Crippen LogP contribution >= 0.6 is 11.8 Å². The first-order valence-electron chi connectivity index (χ1n) is 11.5. The zero-order valence-corrected chi connectivity index (χ0v) is 20.5. The van der Waals surface area contributed by atoms with Crippen molar-refractivity contribution in [2.45, 2.75) is 26.4 Å². The zero-order chi connectivity index (χ0) is 25.7. The van der Waals surface area contributed by atoms with Crippen LogP contribution in [0.2, 0.25) is 0 Å². The van der Waals surface area contributed by atoms with Gasteiger partial charge in [0.1, 0.15) is 13.2 Å². The largest absolute Gasteiger partial charge is 0.490 e. The quantitative estimate of drug-likeness (QED) is 0.279. The van der Waals surface area contributed by atoms with Gasteiger partial charge in [-0.25, -0.2) is 0 Å². The molecule has 2 heterocycles. The molecule has 0 saturated carbocycles. The van der Waals surface area contributed by atoms with Crippen molar-refractivity contribution >= 4 is 40.6 Å². The number of hydrogen-bond donors (Lipinski definition) is 0. The third-order valence-electron chi connectivity index (χ3n) is 5.76. The molecule has 2 aromatic rings. The van der Waals surface area contributed by atoms with E-state index in [1.54, 1.807) is 54.3 Å². The molecule has 0 bridgehead atoms. The van der Waals surface area contributed by atoms with Gasteiger partial charge in [0.25, 0.3) is 16.8 Å². The fraction of sp³-hybridized carbons (Fsp3) is 0.320. The average molecular weight is 512 g/mol. The Bertz CT molecular complexity index is 1220. The number of amides is 3. The van der Waals surface area contributed by atoms with E-state index in [4.69, 9.17) is 9.47 Å². The number of likely N-dealkylation sites (tertiary alicyclic amines) is 1. The lowest BCUT2D eigenvalue weighted by atomic mass is 10.1. The molecule has 11 heteroatoms. The number of thioether (sulfide) groups is 1. The molecule has 0 radical (unpaired) electrons. The maximum atomic E-state index is 12.8. The molecule has 0 N–H and O–H groups in total. The molecule has 188 valence electrons. The van der Waals surface area contributed by atoms with Gasteiger partial charge in [0.05, 0.1) is 22.0 Å². The molecule has 0 spiro atoms. The second kappa shape index (κ2) is 11.3. The SMILES string of the molecule is CCOc1cc(/C=C2\SC(=O)N(CC(=O)N3CCCC3)C2=O)ccc1OCc1ccccc1[N+](=O)[O-]. The predicted molar refractivity (Wildman–Crippen MR) is 134 cm³/mol. The van der Waals surface area contributed by atoms with Crippen LogP contribution in [0, 0.1) is 10.1 Å². The minimum Gasteiger partial charge on any atom is -0.490 e. The molecule has 10 nitrogen and oxygen atoms in total. The number of hydrogen-bond acceptors (Lipinski definition) is 8. The number of carbonyl (C=O) groups is 3. The van der Waals surface area contributed by atoms with Gasteiger partial charge in [-0.3, -0.25) is 29.4 Å². The monoisotopic (exact) mass is 511 g/mol. The third kappa shape index (κ3) is 5.68. The standard InChI is InChI=1S/C25H25N3O7S/c1-2-34-21-13-17(9-10-20(21)35-16-18-7-3-4-8-19(18)28(32)33)14-22-24(30)27(25(31)36-22)15-23(29)26-11-5-6-12-26/h3-4,7-10,13-14H,2,5-6,11-12,15-16H2,1H3/b22-14-. The van der Waals surface area contributed by atoms with Crippen molar-refractivity contribution in [1.82, 2.24) is 9.80 Å². The van der Waals surface area contributed by atoms with Crippen LogP contribution in [0.25, 0.3) is 6.08 Å². The van der Waals surface area contributed by atoms with Crippen molar-refractivity contribution in [2.24, 2.45) is 0 Å². The molecular weight excluding hydrogens is 486 g/mol. The lowest BCUT2D eigenvalue weighted by molar-refractivity contribution is -0.385. The molecule has 2 fully saturated rings. The topological polar surface area (TPSA) is 119 Å². The van der Waals surface area contributed by atoms with Crippen LogP contribution < -0.4 is 9.47 Å². The fourth-order valence-electron chi connectivity index (χ4n) is 3.96. The summed E-state index contributed by atoms with van der Waals surface area (Å²) < 4.78 is 11.5. The summed E-state index contributed by atoms with van der Waals surface area (Å²) >= 11 is 0.788. The summed E-state index contributed by atoms with van der Waals surface area (Å²) in [5.74, 6) is 0.0480. The van der Waals surface area contributed by atoms with E-state index in [0.29, 0.717) is 42.3 Å². The van der Waals surface area contributed by atoms with E-state index < -0.39 is 16.1 Å². The smallest absolute Gasteiger partial charge is 0.294 e. The number of nitrogens with zero attached hydrogens (tertiary/aromatic N) is 3. The highest BCUT2D eigenvalue weighted by Gasteiger charge is 2.37. The van der Waals surface area contributed by atoms with Crippen LogP contribution in [0.1, 0.15) is 30.9 Å². The summed E-state index contributed by atoms with van der Waals surface area (Å²) in [6.45, 7) is 3.17. The summed E-state index contributed by atoms with van der Waals surface area (Å²) in [7, 11) is 0. The molecule has 36 heavy (non-hydrogen) atoms. The molecule has 0 aliphatic carbocycles. The van der Waals surface area contributed by atoms with E-state index in [0.717, 1.165) is 29.5 Å². The molecule has 3 amide bonds. The molecule has 4 rings (SSSR count). The molecular formula is C25H25N3O7S. The van der Waals surface area contributed by atoms with E-state index in [-0.39, 0.29) is 29.7 Å². The van der Waals surface area contributed by atoms with Crippen LogP contribution in [0.5, 0.6) is 11.5 Å². The zero-order valence-electron chi connectivity index (χ0n) is 19.7. The molecule has 0 aromatic heterocycles. The number of para-hydroxylation sites is 1. The number of imide groups is 1. The molecule has 0 atom stereocenters. The lowest BCUT2D eigenvalue weighted by Gasteiger charge is -2.18. The number of rotatable bonds is 9. The van der Waals surface area contributed by atoms with Gasteiger partial charge in [-0.1, -0.05) is 18.2 Å². The Hall–Kier alpha value is -3.86. The summed E-state index contributed by atoms with van der Waals surface area (Å²) in [5.41, 5.74) is 0.991. The van der Waals surface area contributed by atoms with Gasteiger partial charge in [-0.2, -0.15) is 0 Å². The van der Waals surface area contributed by atoms with Gasteiger partial charge in [0, 0.05) is 19.2 Å². The average Bonchev–Trinajstić information content (AvgIpc) is 3.49. The Morgan fingerprint density at radius 1 is 1.11 bits per heavy atom. The van der Waals surface area contributed by atoms with E-state index in [1.807, 2.05) is 0 Å². The fourth-order valence-corrected chi connectivity index (χ4v) is 4.80. The van der Waals surface area contributed by atoms with Crippen molar-refractivity contribution in [3.05, 3.63) is 68.6 Å². The van der Waals surface area contributed by atoms with Crippen LogP contribution in [-0.2, 0) is 16.2 Å². The minimum absolute atomic E-state index is 0.0273. The van der Waals surface area contributed by atoms with Gasteiger partial charge < -0.3 is 14.4 Å². The first-order chi connectivity index (χ1) is 17.4. The first kappa shape index (κ1) is 25.2. The van der Waals surface area contributed by atoms with E-state index >= 15 is 0 Å². The van der Waals surface area contributed by atoms with E-state index in [1.165, 1.54) is 6.07 Å². The van der Waals surface area contributed by atoms with Crippen LogP contribution in [-0.4, -0.2) is 58.0 Å². The highest BCUT2D eigenvalue weighted by Crippen LogP contribution is 2.35. The van der Waals surface area contributed by atoms with Crippen molar-refractivity contribution in [2.75, 3.05) is 26.2 Å². The number of nitro groups is 1. The van der Waals surface area contributed by atoms with Crippen LogP contribution in [0.3, 0.4) is 0 Å². The van der Waals surface area contributed by atoms with Gasteiger partial charge >= 0.3 is 0 Å². The number of nitro benzene ring substituents is 1. The predicted octanol–water partition coefficient (Wildman–Crippen LogP) is 4.23.